The summed E-state index contributed by atoms with van der Waals surface area (Å²) in [5.74, 6) is 0.543. The first-order valence-corrected chi connectivity index (χ1v) is 6.02. The van der Waals surface area contributed by atoms with E-state index in [0.717, 1.165) is 17.5 Å². The Hall–Kier alpha value is -0.850. The average Bonchev–Trinajstić information content (AvgIpc) is 2.75. The normalized spacial score (nSPS) is 17.3. The van der Waals surface area contributed by atoms with Gasteiger partial charge in [-0.1, -0.05) is 31.9 Å². The molecule has 1 fully saturated rings. The molecule has 0 aromatic heterocycles. The summed E-state index contributed by atoms with van der Waals surface area (Å²) in [5, 5.41) is 0. The van der Waals surface area contributed by atoms with Gasteiger partial charge in [0.1, 0.15) is 5.82 Å². The molecule has 1 saturated carbocycles. The molecular formula is C14H19F. The molecule has 0 amide bonds. The molecule has 1 aromatic rings. The molecule has 2 rings (SSSR count). The van der Waals surface area contributed by atoms with Gasteiger partial charge < -0.3 is 0 Å². The Morgan fingerprint density at radius 2 is 1.93 bits per heavy atom. The zero-order valence-electron chi connectivity index (χ0n) is 9.65. The lowest BCUT2D eigenvalue weighted by molar-refractivity contribution is 0.568. The number of halogens is 1. The summed E-state index contributed by atoms with van der Waals surface area (Å²) < 4.78 is 14.1. The lowest BCUT2D eigenvalue weighted by Gasteiger charge is -2.16. The highest BCUT2D eigenvalue weighted by molar-refractivity contribution is 5.36. The van der Waals surface area contributed by atoms with Crippen LogP contribution in [0.25, 0.3) is 0 Å². The van der Waals surface area contributed by atoms with E-state index in [1.807, 2.05) is 13.0 Å². The minimum atomic E-state index is 0.0567. The molecule has 0 nitrogen and oxygen atoms in total. The highest BCUT2D eigenvalue weighted by Gasteiger charge is 2.23. The molecule has 0 bridgehead atoms. The number of benzene rings is 1. The van der Waals surface area contributed by atoms with Gasteiger partial charge >= 0.3 is 0 Å². The van der Waals surface area contributed by atoms with E-state index in [2.05, 4.69) is 13.0 Å². The fraction of sp³-hybridized carbons (Fsp3) is 0.571. The molecule has 0 heterocycles. The molecule has 0 radical (unpaired) electrons. The Kier molecular flexibility index (Phi) is 3.08. The Morgan fingerprint density at radius 3 is 2.53 bits per heavy atom. The van der Waals surface area contributed by atoms with Gasteiger partial charge in [-0.2, -0.15) is 0 Å². The van der Waals surface area contributed by atoms with Gasteiger partial charge in [-0.15, -0.1) is 0 Å². The largest absolute Gasteiger partial charge is 0.206 e. The summed E-state index contributed by atoms with van der Waals surface area (Å²) in [6.07, 6.45) is 5.83. The molecule has 1 aliphatic rings. The topological polar surface area (TPSA) is 0 Å². The van der Waals surface area contributed by atoms with Crippen LogP contribution in [0.1, 0.15) is 55.2 Å². The number of hydrogen-bond donors (Lipinski definition) is 0. The summed E-state index contributed by atoms with van der Waals surface area (Å²) in [7, 11) is 0. The van der Waals surface area contributed by atoms with E-state index in [-0.39, 0.29) is 5.82 Å². The second-order valence-corrected chi connectivity index (χ2v) is 4.60. The zero-order valence-corrected chi connectivity index (χ0v) is 9.65. The first-order valence-electron chi connectivity index (χ1n) is 6.02. The Bertz CT molecular complexity index is 349. The van der Waals surface area contributed by atoms with Crippen LogP contribution in [0.2, 0.25) is 0 Å². The summed E-state index contributed by atoms with van der Waals surface area (Å²) in [4.78, 5) is 0. The quantitative estimate of drug-likeness (QED) is 0.674. The molecule has 0 spiro atoms. The van der Waals surface area contributed by atoms with Crippen molar-refractivity contribution in [3.05, 3.63) is 34.6 Å². The van der Waals surface area contributed by atoms with Gasteiger partial charge in [0.2, 0.25) is 0 Å². The van der Waals surface area contributed by atoms with Gasteiger partial charge in [0, 0.05) is 0 Å². The number of aryl methyl sites for hydroxylation is 2. The van der Waals surface area contributed by atoms with Crippen LogP contribution in [-0.4, -0.2) is 0 Å². The van der Waals surface area contributed by atoms with E-state index >= 15 is 0 Å². The van der Waals surface area contributed by atoms with Crippen molar-refractivity contribution in [2.75, 3.05) is 0 Å². The van der Waals surface area contributed by atoms with Crippen molar-refractivity contribution in [2.24, 2.45) is 0 Å². The fourth-order valence-electron chi connectivity index (χ4n) is 2.71. The van der Waals surface area contributed by atoms with Crippen molar-refractivity contribution in [2.45, 2.75) is 51.9 Å². The molecule has 0 unspecified atom stereocenters. The summed E-state index contributed by atoms with van der Waals surface area (Å²) in [6, 6.07) is 4.01. The molecule has 0 N–H and O–H groups in total. The minimum absolute atomic E-state index is 0.0567. The van der Waals surface area contributed by atoms with Crippen LogP contribution < -0.4 is 0 Å². The third-order valence-electron chi connectivity index (χ3n) is 3.61. The third-order valence-corrected chi connectivity index (χ3v) is 3.61. The first-order chi connectivity index (χ1) is 7.24. The van der Waals surface area contributed by atoms with Crippen LogP contribution in [0.15, 0.2) is 12.1 Å². The smallest absolute Gasteiger partial charge is 0.129 e. The van der Waals surface area contributed by atoms with Gasteiger partial charge in [0.25, 0.3) is 0 Å². The molecule has 0 aliphatic heterocycles. The zero-order chi connectivity index (χ0) is 10.8. The van der Waals surface area contributed by atoms with Crippen LogP contribution in [0.3, 0.4) is 0 Å². The van der Waals surface area contributed by atoms with E-state index in [0.29, 0.717) is 5.92 Å². The standard InChI is InChI=1S/C14H19F/c1-3-11-9-8-10(2)14(15)13(11)12-6-4-5-7-12/h8-9,12H,3-7H2,1-2H3. The third kappa shape index (κ3) is 1.92. The Labute approximate surface area is 91.5 Å². The van der Waals surface area contributed by atoms with Crippen LogP contribution in [0.5, 0.6) is 0 Å². The van der Waals surface area contributed by atoms with Crippen LogP contribution in [0.4, 0.5) is 4.39 Å². The lowest BCUT2D eigenvalue weighted by atomic mass is 9.90. The molecule has 0 atom stereocenters. The molecule has 15 heavy (non-hydrogen) atoms. The minimum Gasteiger partial charge on any atom is -0.206 e. The molecule has 82 valence electrons. The Morgan fingerprint density at radius 1 is 1.27 bits per heavy atom. The van der Waals surface area contributed by atoms with Gasteiger partial charge in [-0.05, 0) is 48.8 Å². The monoisotopic (exact) mass is 206 g/mol. The van der Waals surface area contributed by atoms with Crippen molar-refractivity contribution < 1.29 is 4.39 Å². The van der Waals surface area contributed by atoms with Crippen LogP contribution >= 0.6 is 0 Å². The van der Waals surface area contributed by atoms with E-state index < -0.39 is 0 Å². The second-order valence-electron chi connectivity index (χ2n) is 4.60. The molecular weight excluding hydrogens is 187 g/mol. The lowest BCUT2D eigenvalue weighted by Crippen LogP contribution is -2.04. The van der Waals surface area contributed by atoms with Crippen LogP contribution in [-0.2, 0) is 6.42 Å². The summed E-state index contributed by atoms with van der Waals surface area (Å²) >= 11 is 0. The molecule has 1 aliphatic carbocycles. The fourth-order valence-corrected chi connectivity index (χ4v) is 2.71. The van der Waals surface area contributed by atoms with Crippen molar-refractivity contribution in [3.8, 4) is 0 Å². The number of rotatable bonds is 2. The molecule has 0 saturated heterocycles. The first kappa shape index (κ1) is 10.7. The predicted octanol–water partition coefficient (Wildman–Crippen LogP) is 4.35. The van der Waals surface area contributed by atoms with Gasteiger partial charge in [-0.25, -0.2) is 4.39 Å². The maximum absolute atomic E-state index is 14.1. The van der Waals surface area contributed by atoms with E-state index in [9.17, 15) is 4.39 Å². The molecule has 1 heteroatoms. The van der Waals surface area contributed by atoms with Gasteiger partial charge in [0.05, 0.1) is 0 Å². The maximum Gasteiger partial charge on any atom is 0.129 e. The SMILES string of the molecule is CCc1ccc(C)c(F)c1C1CCCC1. The average molecular weight is 206 g/mol. The second kappa shape index (κ2) is 4.34. The number of hydrogen-bond acceptors (Lipinski definition) is 0. The van der Waals surface area contributed by atoms with Crippen molar-refractivity contribution in [3.63, 3.8) is 0 Å². The Balaban J connectivity index is 2.45. The van der Waals surface area contributed by atoms with E-state index in [1.165, 1.54) is 31.2 Å². The van der Waals surface area contributed by atoms with Crippen LogP contribution in [0, 0.1) is 12.7 Å². The van der Waals surface area contributed by atoms with Gasteiger partial charge in [-0.3, -0.25) is 0 Å². The summed E-state index contributed by atoms with van der Waals surface area (Å²) in [5.41, 5.74) is 3.04. The van der Waals surface area contributed by atoms with E-state index in [4.69, 9.17) is 0 Å². The van der Waals surface area contributed by atoms with Crippen molar-refractivity contribution in [1.29, 1.82) is 0 Å². The highest BCUT2D eigenvalue weighted by Crippen LogP contribution is 2.38. The maximum atomic E-state index is 14.1. The van der Waals surface area contributed by atoms with Gasteiger partial charge in [0.15, 0.2) is 0 Å². The van der Waals surface area contributed by atoms with E-state index in [1.54, 1.807) is 0 Å². The summed E-state index contributed by atoms with van der Waals surface area (Å²) in [6.45, 7) is 3.98. The predicted molar refractivity (Wildman–Crippen MR) is 61.7 cm³/mol. The molecule has 1 aromatic carbocycles. The van der Waals surface area contributed by atoms with Crippen molar-refractivity contribution >= 4 is 0 Å². The highest BCUT2D eigenvalue weighted by atomic mass is 19.1. The van der Waals surface area contributed by atoms with Crippen molar-refractivity contribution in [1.82, 2.24) is 0 Å².